The van der Waals surface area contributed by atoms with E-state index < -0.39 is 0 Å². The summed E-state index contributed by atoms with van der Waals surface area (Å²) in [7, 11) is 0. The molecule has 6 heteroatoms. The largest absolute Gasteiger partial charge is 0.354 e. The van der Waals surface area contributed by atoms with Crippen molar-refractivity contribution in [2.75, 3.05) is 36.4 Å². The Kier molecular flexibility index (Phi) is 4.58. The van der Waals surface area contributed by atoms with Crippen molar-refractivity contribution in [2.24, 2.45) is 0 Å². The first-order valence-corrected chi connectivity index (χ1v) is 9.06. The molecule has 1 aliphatic rings. The van der Waals surface area contributed by atoms with E-state index in [0.717, 1.165) is 49.7 Å². The van der Waals surface area contributed by atoms with Crippen LogP contribution in [-0.4, -0.2) is 41.6 Å². The average molecular weight is 349 g/mol. The van der Waals surface area contributed by atoms with Gasteiger partial charge in [0.2, 0.25) is 0 Å². The number of aryl methyl sites for hydroxylation is 1. The van der Waals surface area contributed by atoms with E-state index in [2.05, 4.69) is 44.3 Å². The summed E-state index contributed by atoms with van der Waals surface area (Å²) in [5.74, 6) is 0.781. The Morgan fingerprint density at radius 2 is 2.04 bits per heavy atom. The maximum absolute atomic E-state index is 12.5. The van der Waals surface area contributed by atoms with Gasteiger partial charge in [-0.15, -0.1) is 0 Å². The minimum Gasteiger partial charge on any atom is -0.354 e. The van der Waals surface area contributed by atoms with Crippen molar-refractivity contribution >= 4 is 28.3 Å². The number of rotatable bonds is 4. The Balaban J connectivity index is 1.49. The van der Waals surface area contributed by atoms with Crippen LogP contribution in [0.25, 0.3) is 10.9 Å². The number of aromatic nitrogens is 2. The number of carbonyl (C=O) groups excluding carboxylic acids is 1. The van der Waals surface area contributed by atoms with Crippen LogP contribution in [0.15, 0.2) is 48.8 Å². The minimum absolute atomic E-state index is 0.140. The fourth-order valence-electron chi connectivity index (χ4n) is 3.34. The Labute approximate surface area is 152 Å². The predicted octanol–water partition coefficient (Wildman–Crippen LogP) is 2.72. The summed E-state index contributed by atoms with van der Waals surface area (Å²) in [6.45, 7) is 6.82. The first kappa shape index (κ1) is 16.6. The van der Waals surface area contributed by atoms with Crippen molar-refractivity contribution < 1.29 is 4.79 Å². The number of piperazine rings is 1. The summed E-state index contributed by atoms with van der Waals surface area (Å²) in [6, 6.07) is 11.8. The SMILES string of the molecule is CCn1ccc2ccc(NC(=O)c3ccc(N4CCNCC4)nc3)cc21. The summed E-state index contributed by atoms with van der Waals surface area (Å²) in [4.78, 5) is 19.2. The molecule has 1 aromatic carbocycles. The standard InChI is InChI=1S/C20H23N5O/c1-2-24-10-7-15-3-5-17(13-18(15)24)23-20(26)16-4-6-19(22-14-16)25-11-8-21-9-12-25/h3-7,10,13-14,21H,2,8-9,11-12H2,1H3,(H,23,26). The predicted molar refractivity (Wildman–Crippen MR) is 105 cm³/mol. The van der Waals surface area contributed by atoms with E-state index in [9.17, 15) is 4.79 Å². The average Bonchev–Trinajstić information content (AvgIpc) is 3.11. The molecule has 6 nitrogen and oxygen atoms in total. The molecule has 0 bridgehead atoms. The van der Waals surface area contributed by atoms with E-state index in [-0.39, 0.29) is 5.91 Å². The molecule has 3 aromatic rings. The lowest BCUT2D eigenvalue weighted by molar-refractivity contribution is 0.102. The van der Waals surface area contributed by atoms with E-state index in [1.165, 1.54) is 5.39 Å². The smallest absolute Gasteiger partial charge is 0.257 e. The van der Waals surface area contributed by atoms with Gasteiger partial charge in [0.1, 0.15) is 5.82 Å². The van der Waals surface area contributed by atoms with E-state index in [0.29, 0.717) is 5.56 Å². The van der Waals surface area contributed by atoms with Gasteiger partial charge in [-0.25, -0.2) is 4.98 Å². The number of amides is 1. The molecule has 0 spiro atoms. The Morgan fingerprint density at radius 3 is 2.77 bits per heavy atom. The van der Waals surface area contributed by atoms with Gasteiger partial charge < -0.3 is 20.1 Å². The highest BCUT2D eigenvalue weighted by Gasteiger charge is 2.13. The van der Waals surface area contributed by atoms with Gasteiger partial charge in [-0.05, 0) is 42.6 Å². The normalized spacial score (nSPS) is 14.6. The molecule has 2 N–H and O–H groups in total. The molecule has 0 radical (unpaired) electrons. The van der Waals surface area contributed by atoms with Gasteiger partial charge >= 0.3 is 0 Å². The lowest BCUT2D eigenvalue weighted by Crippen LogP contribution is -2.43. The van der Waals surface area contributed by atoms with Gasteiger partial charge in [0.05, 0.1) is 11.1 Å². The third-order valence-electron chi connectivity index (χ3n) is 4.82. The number of carbonyl (C=O) groups is 1. The second kappa shape index (κ2) is 7.17. The molecule has 1 amide bonds. The van der Waals surface area contributed by atoms with Crippen LogP contribution in [-0.2, 0) is 6.54 Å². The molecule has 1 fully saturated rings. The van der Waals surface area contributed by atoms with Gasteiger partial charge in [0.15, 0.2) is 0 Å². The molecule has 0 saturated carbocycles. The quantitative estimate of drug-likeness (QED) is 0.760. The van der Waals surface area contributed by atoms with E-state index in [1.54, 1.807) is 6.20 Å². The topological polar surface area (TPSA) is 62.2 Å². The molecule has 4 rings (SSSR count). The van der Waals surface area contributed by atoms with Crippen LogP contribution in [0.1, 0.15) is 17.3 Å². The van der Waals surface area contributed by atoms with Gasteiger partial charge in [0, 0.05) is 50.8 Å². The third kappa shape index (κ3) is 3.28. The van der Waals surface area contributed by atoms with Gasteiger partial charge in [-0.2, -0.15) is 0 Å². The molecule has 0 aliphatic carbocycles. The Morgan fingerprint density at radius 1 is 1.19 bits per heavy atom. The number of nitrogens with one attached hydrogen (secondary N) is 2. The number of fused-ring (bicyclic) bond motifs is 1. The summed E-state index contributed by atoms with van der Waals surface area (Å²) >= 11 is 0. The maximum atomic E-state index is 12.5. The number of anilines is 2. The molecule has 26 heavy (non-hydrogen) atoms. The van der Waals surface area contributed by atoms with Crippen molar-refractivity contribution in [2.45, 2.75) is 13.5 Å². The molecule has 1 saturated heterocycles. The highest BCUT2D eigenvalue weighted by atomic mass is 16.1. The fourth-order valence-corrected chi connectivity index (χ4v) is 3.34. The molecule has 134 valence electrons. The maximum Gasteiger partial charge on any atom is 0.257 e. The molecule has 3 heterocycles. The Bertz CT molecular complexity index is 910. The van der Waals surface area contributed by atoms with Crippen LogP contribution >= 0.6 is 0 Å². The van der Waals surface area contributed by atoms with Crippen LogP contribution in [0.4, 0.5) is 11.5 Å². The zero-order valence-corrected chi connectivity index (χ0v) is 14.9. The number of pyridine rings is 1. The zero-order valence-electron chi connectivity index (χ0n) is 14.9. The lowest BCUT2D eigenvalue weighted by atomic mass is 10.2. The molecule has 0 atom stereocenters. The number of hydrogen-bond acceptors (Lipinski definition) is 4. The number of hydrogen-bond donors (Lipinski definition) is 2. The minimum atomic E-state index is -0.140. The molecule has 1 aliphatic heterocycles. The second-order valence-corrected chi connectivity index (χ2v) is 6.47. The van der Waals surface area contributed by atoms with Crippen molar-refractivity contribution in [3.8, 4) is 0 Å². The van der Waals surface area contributed by atoms with Crippen LogP contribution in [0, 0.1) is 0 Å². The van der Waals surface area contributed by atoms with Crippen molar-refractivity contribution in [1.29, 1.82) is 0 Å². The van der Waals surface area contributed by atoms with Crippen LogP contribution in [0.3, 0.4) is 0 Å². The highest BCUT2D eigenvalue weighted by Crippen LogP contribution is 2.21. The van der Waals surface area contributed by atoms with E-state index in [1.807, 2.05) is 30.3 Å². The molecular formula is C20H23N5O. The van der Waals surface area contributed by atoms with Crippen LogP contribution < -0.4 is 15.5 Å². The summed E-state index contributed by atoms with van der Waals surface area (Å²) < 4.78 is 2.16. The van der Waals surface area contributed by atoms with Crippen molar-refractivity contribution in [3.05, 3.63) is 54.4 Å². The highest BCUT2D eigenvalue weighted by molar-refractivity contribution is 6.05. The zero-order chi connectivity index (χ0) is 17.9. The summed E-state index contributed by atoms with van der Waals surface area (Å²) in [5.41, 5.74) is 2.48. The van der Waals surface area contributed by atoms with Gasteiger partial charge in [-0.3, -0.25) is 4.79 Å². The fraction of sp³-hybridized carbons (Fsp3) is 0.300. The molecular weight excluding hydrogens is 326 g/mol. The first-order valence-electron chi connectivity index (χ1n) is 9.06. The molecule has 0 unspecified atom stereocenters. The van der Waals surface area contributed by atoms with E-state index in [4.69, 9.17) is 0 Å². The second-order valence-electron chi connectivity index (χ2n) is 6.47. The van der Waals surface area contributed by atoms with Crippen LogP contribution in [0.2, 0.25) is 0 Å². The number of nitrogens with zero attached hydrogens (tertiary/aromatic N) is 3. The third-order valence-corrected chi connectivity index (χ3v) is 4.82. The Hall–Kier alpha value is -2.86. The van der Waals surface area contributed by atoms with Crippen LogP contribution in [0.5, 0.6) is 0 Å². The van der Waals surface area contributed by atoms with Crippen molar-refractivity contribution in [3.63, 3.8) is 0 Å². The summed E-state index contributed by atoms with van der Waals surface area (Å²) in [5, 5.41) is 7.47. The summed E-state index contributed by atoms with van der Waals surface area (Å²) in [6.07, 6.45) is 3.72. The molecule has 2 aromatic heterocycles. The lowest BCUT2D eigenvalue weighted by Gasteiger charge is -2.28. The monoisotopic (exact) mass is 349 g/mol. The number of benzene rings is 1. The first-order chi connectivity index (χ1) is 12.7. The van der Waals surface area contributed by atoms with Gasteiger partial charge in [-0.1, -0.05) is 6.07 Å². The van der Waals surface area contributed by atoms with Crippen molar-refractivity contribution in [1.82, 2.24) is 14.9 Å². The van der Waals surface area contributed by atoms with Gasteiger partial charge in [0.25, 0.3) is 5.91 Å². The van der Waals surface area contributed by atoms with E-state index >= 15 is 0 Å².